The maximum Gasteiger partial charge on any atom is 0.223 e. The quantitative estimate of drug-likeness (QED) is 0.622. The summed E-state index contributed by atoms with van der Waals surface area (Å²) >= 11 is 0. The van der Waals surface area contributed by atoms with Crippen LogP contribution in [0.5, 0.6) is 0 Å². The number of carbonyl (C=O) groups is 1. The van der Waals surface area contributed by atoms with Gasteiger partial charge in [0.05, 0.1) is 0 Å². The Bertz CT molecular complexity index is 192. The van der Waals surface area contributed by atoms with Crippen LogP contribution in [0.1, 0.15) is 19.3 Å². The smallest absolute Gasteiger partial charge is 0.223 e. The van der Waals surface area contributed by atoms with E-state index in [4.69, 9.17) is 5.73 Å². The van der Waals surface area contributed by atoms with Gasteiger partial charge >= 0.3 is 0 Å². The normalized spacial score (nSPS) is 17.9. The van der Waals surface area contributed by atoms with Gasteiger partial charge in [0.1, 0.15) is 0 Å². The van der Waals surface area contributed by atoms with Crippen molar-refractivity contribution in [3.05, 3.63) is 0 Å². The Morgan fingerprint density at radius 3 is 2.79 bits per heavy atom. The van der Waals surface area contributed by atoms with Crippen LogP contribution in [0.4, 0.5) is 0 Å². The zero-order chi connectivity index (χ0) is 10.6. The molecule has 0 heterocycles. The highest BCUT2D eigenvalue weighted by Crippen LogP contribution is 2.32. The minimum Gasteiger partial charge on any atom is -0.344 e. The fourth-order valence-electron chi connectivity index (χ4n) is 1.45. The first kappa shape index (κ1) is 11.5. The summed E-state index contributed by atoms with van der Waals surface area (Å²) in [6, 6.07) is 0.0829. The molecule has 0 bridgehead atoms. The van der Waals surface area contributed by atoms with Crippen LogP contribution in [0.2, 0.25) is 0 Å². The maximum absolute atomic E-state index is 11.6. The molecule has 1 amide bonds. The highest BCUT2D eigenvalue weighted by Gasteiger charge is 2.30. The number of rotatable bonds is 6. The van der Waals surface area contributed by atoms with Crippen LogP contribution >= 0.6 is 0 Å². The summed E-state index contributed by atoms with van der Waals surface area (Å²) in [6.45, 7) is 1.59. The molecule has 0 aliphatic heterocycles. The summed E-state index contributed by atoms with van der Waals surface area (Å²) in [6.07, 6.45) is 2.91. The molecule has 82 valence electrons. The predicted octanol–water partition coefficient (Wildman–Crippen LogP) is -0.208. The summed E-state index contributed by atoms with van der Waals surface area (Å²) < 4.78 is 0. The second-order valence-electron chi connectivity index (χ2n) is 4.12. The lowest BCUT2D eigenvalue weighted by atomic mass is 10.1. The van der Waals surface area contributed by atoms with Crippen molar-refractivity contribution in [1.82, 2.24) is 10.2 Å². The molecule has 0 radical (unpaired) electrons. The Labute approximate surface area is 85.8 Å². The largest absolute Gasteiger partial charge is 0.344 e. The Balaban J connectivity index is 2.18. The summed E-state index contributed by atoms with van der Waals surface area (Å²) in [7, 11) is 3.72. The van der Waals surface area contributed by atoms with Gasteiger partial charge in [-0.3, -0.25) is 4.79 Å². The van der Waals surface area contributed by atoms with E-state index >= 15 is 0 Å². The lowest BCUT2D eigenvalue weighted by Crippen LogP contribution is -2.37. The van der Waals surface area contributed by atoms with Crippen LogP contribution < -0.4 is 11.1 Å². The summed E-state index contributed by atoms with van der Waals surface area (Å²) in [5.74, 6) is 0.774. The lowest BCUT2D eigenvalue weighted by Gasteiger charge is -2.19. The second-order valence-corrected chi connectivity index (χ2v) is 4.12. The molecule has 1 saturated carbocycles. The number of nitrogens with one attached hydrogen (secondary N) is 1. The van der Waals surface area contributed by atoms with Crippen LogP contribution in [0, 0.1) is 5.92 Å². The van der Waals surface area contributed by atoms with Gasteiger partial charge in [-0.25, -0.2) is 0 Å². The lowest BCUT2D eigenvalue weighted by molar-refractivity contribution is -0.130. The topological polar surface area (TPSA) is 58.4 Å². The Morgan fingerprint density at radius 1 is 1.64 bits per heavy atom. The molecular formula is C10H21N3O. The molecule has 4 heteroatoms. The summed E-state index contributed by atoms with van der Waals surface area (Å²) in [5.41, 5.74) is 5.88. The summed E-state index contributed by atoms with van der Waals surface area (Å²) in [4.78, 5) is 13.4. The third-order valence-electron chi connectivity index (χ3n) is 2.76. The summed E-state index contributed by atoms with van der Waals surface area (Å²) in [5, 5.41) is 3.02. The van der Waals surface area contributed by atoms with E-state index in [9.17, 15) is 4.79 Å². The van der Waals surface area contributed by atoms with E-state index in [1.807, 2.05) is 14.1 Å². The Morgan fingerprint density at radius 2 is 2.29 bits per heavy atom. The highest BCUT2D eigenvalue weighted by molar-refractivity contribution is 5.76. The molecule has 0 aromatic carbocycles. The molecular weight excluding hydrogens is 178 g/mol. The molecule has 1 fully saturated rings. The van der Waals surface area contributed by atoms with Gasteiger partial charge in [0.15, 0.2) is 0 Å². The molecule has 1 aliphatic carbocycles. The number of hydrogen-bond donors (Lipinski definition) is 2. The van der Waals surface area contributed by atoms with Gasteiger partial charge in [0.2, 0.25) is 5.91 Å². The second kappa shape index (κ2) is 5.32. The van der Waals surface area contributed by atoms with Crippen molar-refractivity contribution in [2.45, 2.75) is 25.3 Å². The van der Waals surface area contributed by atoms with Crippen molar-refractivity contribution in [2.24, 2.45) is 11.7 Å². The first-order chi connectivity index (χ1) is 6.65. The van der Waals surface area contributed by atoms with Crippen molar-refractivity contribution in [3.63, 3.8) is 0 Å². The van der Waals surface area contributed by atoms with Crippen LogP contribution in [-0.4, -0.2) is 44.0 Å². The Hall–Kier alpha value is -0.610. The van der Waals surface area contributed by atoms with Gasteiger partial charge < -0.3 is 16.0 Å². The molecule has 0 aromatic rings. The average Bonchev–Trinajstić information content (AvgIpc) is 2.96. The maximum atomic E-state index is 11.6. The fourth-order valence-corrected chi connectivity index (χ4v) is 1.45. The van der Waals surface area contributed by atoms with Crippen LogP contribution in [0.3, 0.4) is 0 Å². The highest BCUT2D eigenvalue weighted by atomic mass is 16.2. The van der Waals surface area contributed by atoms with E-state index in [0.29, 0.717) is 12.3 Å². The third kappa shape index (κ3) is 3.64. The molecule has 3 N–H and O–H groups in total. The van der Waals surface area contributed by atoms with E-state index in [-0.39, 0.29) is 11.9 Å². The zero-order valence-corrected chi connectivity index (χ0v) is 9.12. The minimum absolute atomic E-state index is 0.0829. The van der Waals surface area contributed by atoms with Gasteiger partial charge in [0, 0.05) is 32.6 Å². The van der Waals surface area contributed by atoms with E-state index in [0.717, 1.165) is 13.1 Å². The number of nitrogens with zero attached hydrogens (tertiary/aromatic N) is 1. The number of amides is 1. The van der Waals surface area contributed by atoms with Gasteiger partial charge in [-0.1, -0.05) is 0 Å². The molecule has 1 unspecified atom stereocenters. The fraction of sp³-hybridized carbons (Fsp3) is 0.900. The van der Waals surface area contributed by atoms with Crippen LogP contribution in [0.15, 0.2) is 0 Å². The van der Waals surface area contributed by atoms with Gasteiger partial charge in [-0.15, -0.1) is 0 Å². The number of likely N-dealkylation sites (N-methyl/N-ethyl adjacent to an activating group) is 2. The monoisotopic (exact) mass is 199 g/mol. The molecule has 4 nitrogen and oxygen atoms in total. The molecule has 1 atom stereocenters. The van der Waals surface area contributed by atoms with Gasteiger partial charge in [0.25, 0.3) is 0 Å². The molecule has 14 heavy (non-hydrogen) atoms. The van der Waals surface area contributed by atoms with E-state index in [1.54, 1.807) is 4.90 Å². The van der Waals surface area contributed by atoms with Gasteiger partial charge in [-0.2, -0.15) is 0 Å². The van der Waals surface area contributed by atoms with Crippen molar-refractivity contribution < 1.29 is 4.79 Å². The van der Waals surface area contributed by atoms with Crippen LogP contribution in [0.25, 0.3) is 0 Å². The van der Waals surface area contributed by atoms with E-state index in [2.05, 4.69) is 5.32 Å². The molecule has 1 rings (SSSR count). The molecule has 0 aromatic heterocycles. The first-order valence-electron chi connectivity index (χ1n) is 5.29. The molecule has 0 spiro atoms. The Kier molecular flexibility index (Phi) is 4.35. The number of carbonyl (C=O) groups excluding carboxylic acids is 1. The minimum atomic E-state index is 0.0829. The van der Waals surface area contributed by atoms with E-state index < -0.39 is 0 Å². The molecule has 1 aliphatic rings. The SMILES string of the molecule is CNCCN(C)C(=O)CC(N)C1CC1. The third-order valence-corrected chi connectivity index (χ3v) is 2.76. The first-order valence-corrected chi connectivity index (χ1v) is 5.29. The molecule has 0 saturated heterocycles. The number of hydrogen-bond acceptors (Lipinski definition) is 3. The average molecular weight is 199 g/mol. The van der Waals surface area contributed by atoms with Crippen LogP contribution in [-0.2, 0) is 4.79 Å². The van der Waals surface area contributed by atoms with Crippen molar-refractivity contribution >= 4 is 5.91 Å². The van der Waals surface area contributed by atoms with Gasteiger partial charge in [-0.05, 0) is 25.8 Å². The van der Waals surface area contributed by atoms with Crippen molar-refractivity contribution in [1.29, 1.82) is 0 Å². The van der Waals surface area contributed by atoms with E-state index in [1.165, 1.54) is 12.8 Å². The van der Waals surface area contributed by atoms with Crippen molar-refractivity contribution in [3.8, 4) is 0 Å². The standard InChI is InChI=1S/C10H21N3O/c1-12-5-6-13(2)10(14)7-9(11)8-3-4-8/h8-9,12H,3-7,11H2,1-2H3. The van der Waals surface area contributed by atoms with Crippen molar-refractivity contribution in [2.75, 3.05) is 27.2 Å². The predicted molar refractivity (Wildman–Crippen MR) is 56.9 cm³/mol. The number of nitrogens with two attached hydrogens (primary N) is 1. The zero-order valence-electron chi connectivity index (χ0n) is 9.12.